The fourth-order valence-corrected chi connectivity index (χ4v) is 3.31. The smallest absolute Gasteiger partial charge is 0.322 e. The van der Waals surface area contributed by atoms with E-state index in [-0.39, 0.29) is 11.9 Å². The van der Waals surface area contributed by atoms with Crippen LogP contribution in [0, 0.1) is 6.92 Å². The number of aryl methyl sites for hydroxylation is 1. The highest BCUT2D eigenvalue weighted by Crippen LogP contribution is 2.30. The Hall–Kier alpha value is -2.47. The first-order chi connectivity index (χ1) is 13.0. The molecule has 6 heteroatoms. The third-order valence-corrected chi connectivity index (χ3v) is 5.30. The van der Waals surface area contributed by atoms with Gasteiger partial charge in [0, 0.05) is 35.8 Å². The molecule has 0 bridgehead atoms. The Morgan fingerprint density at radius 1 is 1.11 bits per heavy atom. The summed E-state index contributed by atoms with van der Waals surface area (Å²) in [7, 11) is 0. The van der Waals surface area contributed by atoms with Crippen LogP contribution in [0.3, 0.4) is 0 Å². The number of thioether (sulfide) groups is 1. The van der Waals surface area contributed by atoms with Crippen LogP contribution >= 0.6 is 11.8 Å². The Bertz CT molecular complexity index is 832. The minimum Gasteiger partial charge on any atom is -0.326 e. The van der Waals surface area contributed by atoms with E-state index in [9.17, 15) is 9.59 Å². The van der Waals surface area contributed by atoms with E-state index in [2.05, 4.69) is 41.2 Å². The lowest BCUT2D eigenvalue weighted by Crippen LogP contribution is -2.36. The second-order valence-electron chi connectivity index (χ2n) is 6.85. The second-order valence-corrected chi connectivity index (χ2v) is 7.73. The van der Waals surface area contributed by atoms with Crippen LogP contribution in [0.2, 0.25) is 0 Å². The van der Waals surface area contributed by atoms with Crippen LogP contribution in [0.15, 0.2) is 47.4 Å². The number of nitrogens with one attached hydrogen (secondary N) is 2. The molecule has 142 valence electrons. The van der Waals surface area contributed by atoms with Crippen LogP contribution in [-0.2, 0) is 11.3 Å². The summed E-state index contributed by atoms with van der Waals surface area (Å²) in [5, 5.41) is 5.77. The molecule has 0 aliphatic heterocycles. The highest BCUT2D eigenvalue weighted by Gasteiger charge is 2.32. The van der Waals surface area contributed by atoms with E-state index in [0.29, 0.717) is 18.3 Å². The van der Waals surface area contributed by atoms with E-state index < -0.39 is 0 Å². The summed E-state index contributed by atoms with van der Waals surface area (Å²) < 4.78 is 0. The lowest BCUT2D eigenvalue weighted by atomic mass is 10.1. The van der Waals surface area contributed by atoms with E-state index in [0.717, 1.165) is 29.7 Å². The zero-order valence-electron chi connectivity index (χ0n) is 15.9. The third-order valence-electron chi connectivity index (χ3n) is 4.56. The summed E-state index contributed by atoms with van der Waals surface area (Å²) in [5.74, 6) is -0.135. The van der Waals surface area contributed by atoms with Gasteiger partial charge in [0.15, 0.2) is 0 Å². The van der Waals surface area contributed by atoms with E-state index in [1.54, 1.807) is 17.8 Å². The molecule has 0 saturated heterocycles. The van der Waals surface area contributed by atoms with Gasteiger partial charge in [-0.3, -0.25) is 4.79 Å². The molecule has 0 radical (unpaired) electrons. The third kappa shape index (κ3) is 5.26. The number of hydrogen-bond acceptors (Lipinski definition) is 3. The fourth-order valence-electron chi connectivity index (χ4n) is 2.91. The van der Waals surface area contributed by atoms with Crippen LogP contribution in [-0.4, -0.2) is 29.1 Å². The Morgan fingerprint density at radius 2 is 1.81 bits per heavy atom. The maximum absolute atomic E-state index is 12.9. The Labute approximate surface area is 164 Å². The molecule has 0 aromatic heterocycles. The van der Waals surface area contributed by atoms with Crippen LogP contribution in [0.25, 0.3) is 0 Å². The number of hydrogen-bond donors (Lipinski definition) is 2. The van der Waals surface area contributed by atoms with Crippen molar-refractivity contribution < 1.29 is 9.59 Å². The average Bonchev–Trinajstić information content (AvgIpc) is 3.47. The lowest BCUT2D eigenvalue weighted by molar-refractivity contribution is -0.114. The normalized spacial score (nSPS) is 13.1. The van der Waals surface area contributed by atoms with Gasteiger partial charge in [-0.1, -0.05) is 18.2 Å². The van der Waals surface area contributed by atoms with Gasteiger partial charge in [0.25, 0.3) is 0 Å². The number of carbonyl (C=O) groups excluding carboxylic acids is 2. The van der Waals surface area contributed by atoms with Crippen molar-refractivity contribution in [3.8, 4) is 0 Å². The summed E-state index contributed by atoms with van der Waals surface area (Å²) in [4.78, 5) is 27.3. The maximum atomic E-state index is 12.9. The van der Waals surface area contributed by atoms with Crippen molar-refractivity contribution in [1.29, 1.82) is 0 Å². The number of benzene rings is 2. The van der Waals surface area contributed by atoms with Gasteiger partial charge < -0.3 is 15.5 Å². The second kappa shape index (κ2) is 8.48. The molecule has 0 atom stereocenters. The molecule has 2 aromatic rings. The van der Waals surface area contributed by atoms with E-state index in [4.69, 9.17) is 0 Å². The van der Waals surface area contributed by atoms with Gasteiger partial charge in [0.1, 0.15) is 0 Å². The molecule has 0 heterocycles. The Kier molecular flexibility index (Phi) is 6.06. The summed E-state index contributed by atoms with van der Waals surface area (Å²) in [6.45, 7) is 4.00. The molecule has 5 nitrogen and oxygen atoms in total. The number of anilines is 2. The first-order valence-electron chi connectivity index (χ1n) is 9.05. The Balaban J connectivity index is 1.73. The molecule has 27 heavy (non-hydrogen) atoms. The van der Waals surface area contributed by atoms with Gasteiger partial charge in [0.2, 0.25) is 5.91 Å². The van der Waals surface area contributed by atoms with Gasteiger partial charge in [-0.25, -0.2) is 4.79 Å². The number of nitrogens with zero attached hydrogens (tertiary/aromatic N) is 1. The van der Waals surface area contributed by atoms with Crippen molar-refractivity contribution in [2.45, 2.75) is 44.2 Å². The topological polar surface area (TPSA) is 61.4 Å². The van der Waals surface area contributed by atoms with Gasteiger partial charge >= 0.3 is 6.03 Å². The largest absolute Gasteiger partial charge is 0.326 e. The lowest BCUT2D eigenvalue weighted by Gasteiger charge is -2.24. The number of carbonyl (C=O) groups is 2. The van der Waals surface area contributed by atoms with Crippen molar-refractivity contribution in [3.63, 3.8) is 0 Å². The average molecular weight is 384 g/mol. The summed E-state index contributed by atoms with van der Waals surface area (Å²) in [6, 6.07) is 14.1. The van der Waals surface area contributed by atoms with Crippen molar-refractivity contribution in [2.75, 3.05) is 16.9 Å². The highest BCUT2D eigenvalue weighted by atomic mass is 32.2. The van der Waals surface area contributed by atoms with Crippen molar-refractivity contribution in [1.82, 2.24) is 4.90 Å². The van der Waals surface area contributed by atoms with Crippen LogP contribution < -0.4 is 10.6 Å². The molecule has 2 N–H and O–H groups in total. The minimum absolute atomic E-state index is 0.102. The van der Waals surface area contributed by atoms with Crippen LogP contribution in [0.5, 0.6) is 0 Å². The molecule has 3 amide bonds. The minimum atomic E-state index is -0.135. The van der Waals surface area contributed by atoms with Crippen LogP contribution in [0.1, 0.15) is 30.9 Å². The van der Waals surface area contributed by atoms with E-state index in [1.165, 1.54) is 11.8 Å². The molecule has 2 aromatic carbocycles. The molecular weight excluding hydrogens is 358 g/mol. The van der Waals surface area contributed by atoms with Crippen molar-refractivity contribution in [2.24, 2.45) is 0 Å². The summed E-state index contributed by atoms with van der Waals surface area (Å²) in [6.07, 6.45) is 4.14. The summed E-state index contributed by atoms with van der Waals surface area (Å²) >= 11 is 1.71. The molecule has 1 saturated carbocycles. The monoisotopic (exact) mass is 383 g/mol. The van der Waals surface area contributed by atoms with E-state index >= 15 is 0 Å². The molecular formula is C21H25N3O2S. The zero-order chi connectivity index (χ0) is 19.4. The number of amides is 3. The molecule has 1 fully saturated rings. The van der Waals surface area contributed by atoms with Gasteiger partial charge in [0.05, 0.1) is 0 Å². The Morgan fingerprint density at radius 3 is 2.41 bits per heavy atom. The number of rotatable bonds is 6. The fraction of sp³-hybridized carbons (Fsp3) is 0.333. The molecule has 1 aliphatic rings. The standard InChI is InChI=1S/C21H25N3O2S/c1-14-4-7-17(22-15(2)25)12-20(14)23-21(26)24(18-8-9-18)13-16-5-10-19(27-3)11-6-16/h4-7,10-12,18H,8-9,13H2,1-3H3,(H,22,25)(H,23,26). The molecule has 1 aliphatic carbocycles. The first-order valence-corrected chi connectivity index (χ1v) is 10.3. The van der Waals surface area contributed by atoms with Crippen molar-refractivity contribution in [3.05, 3.63) is 53.6 Å². The predicted molar refractivity (Wildman–Crippen MR) is 111 cm³/mol. The zero-order valence-corrected chi connectivity index (χ0v) is 16.7. The highest BCUT2D eigenvalue weighted by molar-refractivity contribution is 7.98. The quantitative estimate of drug-likeness (QED) is 0.700. The molecule has 0 unspecified atom stereocenters. The predicted octanol–water partition coefficient (Wildman–Crippen LogP) is 4.87. The van der Waals surface area contributed by atoms with Gasteiger partial charge in [-0.15, -0.1) is 11.8 Å². The van der Waals surface area contributed by atoms with Gasteiger partial charge in [-0.2, -0.15) is 0 Å². The summed E-state index contributed by atoms with van der Waals surface area (Å²) in [5.41, 5.74) is 3.47. The van der Waals surface area contributed by atoms with Gasteiger partial charge in [-0.05, 0) is 61.4 Å². The van der Waals surface area contributed by atoms with Crippen molar-refractivity contribution >= 4 is 35.1 Å². The SMILES string of the molecule is CSc1ccc(CN(C(=O)Nc2cc(NC(C)=O)ccc2C)C2CC2)cc1. The molecule has 3 rings (SSSR count). The number of urea groups is 1. The molecule has 0 spiro atoms. The first kappa shape index (κ1) is 19.3. The maximum Gasteiger partial charge on any atom is 0.322 e. The van der Waals surface area contributed by atoms with Crippen LogP contribution in [0.4, 0.5) is 16.2 Å². The van der Waals surface area contributed by atoms with E-state index in [1.807, 2.05) is 24.0 Å².